The first kappa shape index (κ1) is 16.3. The zero-order chi connectivity index (χ0) is 15.9. The maximum absolute atomic E-state index is 10.5. The number of carboxylic acid groups (broad SMARTS) is 1. The summed E-state index contributed by atoms with van der Waals surface area (Å²) < 4.78 is 5.96. The maximum atomic E-state index is 10.5. The zero-order valence-electron chi connectivity index (χ0n) is 11.3. The van der Waals surface area contributed by atoms with Crippen molar-refractivity contribution in [3.63, 3.8) is 0 Å². The number of nitrogens with one attached hydrogen (secondary N) is 1. The van der Waals surface area contributed by atoms with E-state index in [9.17, 15) is 9.90 Å². The topological polar surface area (TPSA) is 73.8 Å². The normalized spacial score (nSPS) is 10.6. The largest absolute Gasteiger partial charge is 0.546 e. The molecule has 0 unspecified atom stereocenters. The summed E-state index contributed by atoms with van der Waals surface area (Å²) in [5.41, 5.74) is 4.08. The van der Waals surface area contributed by atoms with E-state index in [1.807, 2.05) is 12.1 Å². The molecule has 0 bridgehead atoms. The predicted molar refractivity (Wildman–Crippen MR) is 87.3 cm³/mol. The van der Waals surface area contributed by atoms with Crippen LogP contribution in [0.3, 0.4) is 0 Å². The molecule has 2 aromatic carbocycles. The zero-order valence-corrected chi connectivity index (χ0v) is 13.6. The highest BCUT2D eigenvalue weighted by Gasteiger charge is 2.03. The number of carbonyl (C=O) groups is 1. The van der Waals surface area contributed by atoms with E-state index in [0.717, 1.165) is 4.47 Å². The molecule has 0 spiro atoms. The molecule has 1 N–H and O–H groups in total. The number of hydrogen-bond donors (Lipinski definition) is 1. The Morgan fingerprint density at radius 3 is 2.86 bits per heavy atom. The molecule has 0 aromatic heterocycles. The number of para-hydroxylation sites is 1. The fourth-order valence-corrected chi connectivity index (χ4v) is 2.17. The summed E-state index contributed by atoms with van der Waals surface area (Å²) in [5.74, 6) is -0.905. The Morgan fingerprint density at radius 1 is 1.36 bits per heavy atom. The van der Waals surface area contributed by atoms with Crippen molar-refractivity contribution in [2.24, 2.45) is 5.10 Å². The Balaban J connectivity index is 2.13. The number of benzene rings is 2. The van der Waals surface area contributed by atoms with Crippen LogP contribution in [-0.2, 0) is 4.79 Å². The highest BCUT2D eigenvalue weighted by atomic mass is 79.9. The lowest BCUT2D eigenvalue weighted by Gasteiger charge is -2.10. The molecule has 0 saturated heterocycles. The Hall–Kier alpha value is -2.05. The van der Waals surface area contributed by atoms with Gasteiger partial charge in [0.2, 0.25) is 0 Å². The van der Waals surface area contributed by atoms with Crippen LogP contribution in [0.1, 0.15) is 5.56 Å². The molecule has 0 saturated carbocycles. The van der Waals surface area contributed by atoms with Gasteiger partial charge in [-0.1, -0.05) is 39.7 Å². The molecular formula is C15H11BrClN2O3-. The van der Waals surface area contributed by atoms with Crippen LogP contribution in [0.4, 0.5) is 5.69 Å². The van der Waals surface area contributed by atoms with Crippen LogP contribution in [0.15, 0.2) is 52.0 Å². The van der Waals surface area contributed by atoms with Gasteiger partial charge in [0.05, 0.1) is 22.9 Å². The van der Waals surface area contributed by atoms with Crippen LogP contribution in [-0.4, -0.2) is 18.8 Å². The monoisotopic (exact) mass is 381 g/mol. The van der Waals surface area contributed by atoms with Gasteiger partial charge in [0.25, 0.3) is 0 Å². The lowest BCUT2D eigenvalue weighted by Crippen LogP contribution is -2.29. The van der Waals surface area contributed by atoms with Crippen LogP contribution in [0, 0.1) is 0 Å². The molecule has 0 aliphatic heterocycles. The van der Waals surface area contributed by atoms with E-state index < -0.39 is 12.6 Å². The minimum Gasteiger partial charge on any atom is -0.546 e. The van der Waals surface area contributed by atoms with Gasteiger partial charge in [0.1, 0.15) is 12.4 Å². The van der Waals surface area contributed by atoms with Crippen LogP contribution < -0.4 is 15.3 Å². The summed E-state index contributed by atoms with van der Waals surface area (Å²) >= 11 is 9.34. The van der Waals surface area contributed by atoms with E-state index in [1.54, 1.807) is 30.3 Å². The number of rotatable bonds is 6. The Labute approximate surface area is 140 Å². The third-order valence-electron chi connectivity index (χ3n) is 2.58. The molecule has 0 amide bonds. The molecule has 0 heterocycles. The van der Waals surface area contributed by atoms with Gasteiger partial charge in [-0.25, -0.2) is 0 Å². The Kier molecular flexibility index (Phi) is 5.80. The lowest BCUT2D eigenvalue weighted by molar-refractivity contribution is -0.307. The van der Waals surface area contributed by atoms with Crippen LogP contribution in [0.25, 0.3) is 0 Å². The number of carboxylic acids is 1. The molecule has 0 fully saturated rings. The third-order valence-corrected chi connectivity index (χ3v) is 3.40. The first-order valence-corrected chi connectivity index (χ1v) is 7.39. The quantitative estimate of drug-likeness (QED) is 0.616. The second-order valence-electron chi connectivity index (χ2n) is 4.19. The van der Waals surface area contributed by atoms with Gasteiger partial charge in [-0.15, -0.1) is 0 Å². The number of aliphatic carboxylic acids is 1. The molecule has 114 valence electrons. The number of carbonyl (C=O) groups excluding carboxylic acids is 1. The number of hydrogen-bond acceptors (Lipinski definition) is 5. The van der Waals surface area contributed by atoms with E-state index >= 15 is 0 Å². The van der Waals surface area contributed by atoms with Gasteiger partial charge in [-0.2, -0.15) is 5.10 Å². The summed E-state index contributed by atoms with van der Waals surface area (Å²) in [7, 11) is 0. The number of nitrogens with zero attached hydrogens (tertiary/aromatic N) is 1. The summed E-state index contributed by atoms with van der Waals surface area (Å²) in [6.45, 7) is -0.527. The van der Waals surface area contributed by atoms with Gasteiger partial charge in [-0.05, 0) is 30.3 Å². The van der Waals surface area contributed by atoms with Gasteiger partial charge in [-0.3, -0.25) is 5.43 Å². The molecule has 22 heavy (non-hydrogen) atoms. The van der Waals surface area contributed by atoms with E-state index in [4.69, 9.17) is 16.3 Å². The summed E-state index contributed by atoms with van der Waals surface area (Å²) in [6.07, 6.45) is 1.51. The molecule has 0 radical (unpaired) electrons. The highest BCUT2D eigenvalue weighted by Crippen LogP contribution is 2.23. The van der Waals surface area contributed by atoms with Crippen molar-refractivity contribution in [1.29, 1.82) is 0 Å². The smallest absolute Gasteiger partial charge is 0.128 e. The van der Waals surface area contributed by atoms with Gasteiger partial charge in [0, 0.05) is 10.0 Å². The van der Waals surface area contributed by atoms with Crippen molar-refractivity contribution in [1.82, 2.24) is 0 Å². The minimum atomic E-state index is -1.29. The lowest BCUT2D eigenvalue weighted by atomic mass is 10.2. The average Bonchev–Trinajstić information content (AvgIpc) is 2.48. The molecule has 2 aromatic rings. The predicted octanol–water partition coefficient (Wildman–Crippen LogP) is 2.68. The summed E-state index contributed by atoms with van der Waals surface area (Å²) in [5, 5.41) is 15.1. The van der Waals surface area contributed by atoms with E-state index in [0.29, 0.717) is 22.0 Å². The fraction of sp³-hybridized carbons (Fsp3) is 0.0667. The van der Waals surface area contributed by atoms with Crippen molar-refractivity contribution in [3.8, 4) is 5.75 Å². The SMILES string of the molecule is O=C([O-])COc1ccc(Br)cc1/C=N/Nc1ccccc1Cl. The highest BCUT2D eigenvalue weighted by molar-refractivity contribution is 9.10. The molecule has 0 atom stereocenters. The first-order chi connectivity index (χ1) is 10.6. The second-order valence-corrected chi connectivity index (χ2v) is 5.52. The molecular weight excluding hydrogens is 372 g/mol. The van der Waals surface area contributed by atoms with Crippen molar-refractivity contribution >= 4 is 45.4 Å². The number of halogens is 2. The van der Waals surface area contributed by atoms with Crippen molar-refractivity contribution in [2.75, 3.05) is 12.0 Å². The van der Waals surface area contributed by atoms with E-state index in [-0.39, 0.29) is 0 Å². The Morgan fingerprint density at radius 2 is 2.14 bits per heavy atom. The standard InChI is InChI=1S/C15H12BrClN2O3/c16-11-5-6-14(22-9-15(20)21)10(7-11)8-18-19-13-4-2-1-3-12(13)17/h1-8,19H,9H2,(H,20,21)/p-1/b18-8+. The van der Waals surface area contributed by atoms with Crippen LogP contribution >= 0.6 is 27.5 Å². The number of ether oxygens (including phenoxy) is 1. The fourth-order valence-electron chi connectivity index (χ4n) is 1.61. The molecule has 0 aliphatic carbocycles. The minimum absolute atomic E-state index is 0.386. The number of anilines is 1. The van der Waals surface area contributed by atoms with Gasteiger partial charge >= 0.3 is 0 Å². The maximum Gasteiger partial charge on any atom is 0.128 e. The van der Waals surface area contributed by atoms with E-state index in [2.05, 4.69) is 26.5 Å². The molecule has 0 aliphatic rings. The first-order valence-electron chi connectivity index (χ1n) is 6.22. The summed E-state index contributed by atoms with van der Waals surface area (Å²) in [6, 6.07) is 12.3. The average molecular weight is 383 g/mol. The van der Waals surface area contributed by atoms with Crippen molar-refractivity contribution < 1.29 is 14.6 Å². The van der Waals surface area contributed by atoms with E-state index in [1.165, 1.54) is 6.21 Å². The molecule has 5 nitrogen and oxygen atoms in total. The third kappa shape index (κ3) is 4.75. The summed E-state index contributed by atoms with van der Waals surface area (Å²) in [4.78, 5) is 10.5. The Bertz CT molecular complexity index is 707. The van der Waals surface area contributed by atoms with Crippen LogP contribution in [0.2, 0.25) is 5.02 Å². The molecule has 2 rings (SSSR count). The van der Waals surface area contributed by atoms with Gasteiger partial charge in [0.15, 0.2) is 0 Å². The molecule has 7 heteroatoms. The second kappa shape index (κ2) is 7.82. The number of hydrazone groups is 1. The van der Waals surface area contributed by atoms with Crippen molar-refractivity contribution in [3.05, 3.63) is 57.5 Å². The van der Waals surface area contributed by atoms with Crippen LogP contribution in [0.5, 0.6) is 5.75 Å². The van der Waals surface area contributed by atoms with Crippen molar-refractivity contribution in [2.45, 2.75) is 0 Å². The van der Waals surface area contributed by atoms with Gasteiger partial charge < -0.3 is 14.6 Å².